The monoisotopic (exact) mass is 465 g/mol. The molecular weight excluding hydrogens is 443 g/mol. The molecule has 6 nitrogen and oxygen atoms in total. The highest BCUT2D eigenvalue weighted by Gasteiger charge is 2.31. The van der Waals surface area contributed by atoms with Gasteiger partial charge in [-0.2, -0.15) is 13.2 Å². The summed E-state index contributed by atoms with van der Waals surface area (Å²) in [6.45, 7) is 2.05. The van der Waals surface area contributed by atoms with E-state index in [4.69, 9.17) is 9.47 Å². The standard InChI is InChI=1S/C22H22F3N3O3S/c1-3-4-5-19(14-6-8-16(30-2)9-7-14)31-21(29)28-20-27-18(13-32-20)17-12-15(10-11-26-17)22(23,24)25/h6-13,19H,3-5H2,1-2H3,(H,27,28,29). The van der Waals surface area contributed by atoms with E-state index in [2.05, 4.69) is 15.3 Å². The summed E-state index contributed by atoms with van der Waals surface area (Å²) >= 11 is 1.07. The Morgan fingerprint density at radius 3 is 2.59 bits per heavy atom. The summed E-state index contributed by atoms with van der Waals surface area (Å²) in [6, 6.07) is 9.08. The number of anilines is 1. The molecule has 0 fully saturated rings. The van der Waals surface area contributed by atoms with Crippen LogP contribution < -0.4 is 10.1 Å². The van der Waals surface area contributed by atoms with Crippen LogP contribution in [0.15, 0.2) is 48.0 Å². The van der Waals surface area contributed by atoms with Gasteiger partial charge in [0.15, 0.2) is 5.13 Å². The molecule has 3 aromatic rings. The molecular formula is C22H22F3N3O3S. The van der Waals surface area contributed by atoms with Gasteiger partial charge in [-0.3, -0.25) is 10.3 Å². The number of carbonyl (C=O) groups is 1. The molecule has 0 saturated carbocycles. The number of nitrogens with zero attached hydrogens (tertiary/aromatic N) is 2. The predicted molar refractivity (Wildman–Crippen MR) is 116 cm³/mol. The number of thiazole rings is 1. The van der Waals surface area contributed by atoms with Crippen LogP contribution in [0.4, 0.5) is 23.1 Å². The summed E-state index contributed by atoms with van der Waals surface area (Å²) < 4.78 is 49.5. The highest BCUT2D eigenvalue weighted by Crippen LogP contribution is 2.32. The molecule has 0 aliphatic rings. The number of amides is 1. The molecule has 1 aromatic carbocycles. The molecule has 1 N–H and O–H groups in total. The smallest absolute Gasteiger partial charge is 0.416 e. The topological polar surface area (TPSA) is 73.3 Å². The van der Waals surface area contributed by atoms with Gasteiger partial charge < -0.3 is 9.47 Å². The minimum absolute atomic E-state index is 0.0662. The molecule has 32 heavy (non-hydrogen) atoms. The van der Waals surface area contributed by atoms with Crippen molar-refractivity contribution < 1.29 is 27.4 Å². The number of benzene rings is 1. The van der Waals surface area contributed by atoms with Gasteiger partial charge in [0.25, 0.3) is 0 Å². The lowest BCUT2D eigenvalue weighted by atomic mass is 10.0. The third-order valence-corrected chi connectivity index (χ3v) is 5.38. The van der Waals surface area contributed by atoms with Gasteiger partial charge in [-0.05, 0) is 42.7 Å². The van der Waals surface area contributed by atoms with Gasteiger partial charge in [0, 0.05) is 11.6 Å². The van der Waals surface area contributed by atoms with Crippen LogP contribution in [-0.4, -0.2) is 23.2 Å². The Balaban J connectivity index is 1.69. The number of ether oxygens (including phenoxy) is 2. The zero-order valence-corrected chi connectivity index (χ0v) is 18.3. The van der Waals surface area contributed by atoms with E-state index >= 15 is 0 Å². The number of rotatable bonds is 8. The van der Waals surface area contributed by atoms with Crippen molar-refractivity contribution in [3.05, 3.63) is 59.1 Å². The molecule has 170 valence electrons. The van der Waals surface area contributed by atoms with Crippen LogP contribution in [0.5, 0.6) is 5.75 Å². The maximum absolute atomic E-state index is 12.9. The van der Waals surface area contributed by atoms with Crippen molar-refractivity contribution in [2.24, 2.45) is 0 Å². The van der Waals surface area contributed by atoms with E-state index < -0.39 is 23.9 Å². The van der Waals surface area contributed by atoms with Crippen molar-refractivity contribution >= 4 is 22.6 Å². The van der Waals surface area contributed by atoms with Crippen molar-refractivity contribution in [1.82, 2.24) is 9.97 Å². The summed E-state index contributed by atoms with van der Waals surface area (Å²) in [6.07, 6.45) is -2.10. The molecule has 1 unspecified atom stereocenters. The third kappa shape index (κ3) is 6.19. The number of unbranched alkanes of at least 4 members (excludes halogenated alkanes) is 1. The fourth-order valence-electron chi connectivity index (χ4n) is 2.94. The fourth-order valence-corrected chi connectivity index (χ4v) is 3.63. The molecule has 0 aliphatic heterocycles. The van der Waals surface area contributed by atoms with Crippen molar-refractivity contribution in [3.8, 4) is 17.1 Å². The highest BCUT2D eigenvalue weighted by molar-refractivity contribution is 7.14. The molecule has 0 spiro atoms. The number of hydrogen-bond donors (Lipinski definition) is 1. The van der Waals surface area contributed by atoms with Crippen LogP contribution >= 0.6 is 11.3 Å². The maximum Gasteiger partial charge on any atom is 0.416 e. The number of hydrogen-bond acceptors (Lipinski definition) is 6. The van der Waals surface area contributed by atoms with Crippen molar-refractivity contribution in [3.63, 3.8) is 0 Å². The lowest BCUT2D eigenvalue weighted by Gasteiger charge is -2.18. The van der Waals surface area contributed by atoms with Crippen molar-refractivity contribution in [2.45, 2.75) is 38.5 Å². The van der Waals surface area contributed by atoms with Gasteiger partial charge in [-0.15, -0.1) is 11.3 Å². The van der Waals surface area contributed by atoms with Crippen LogP contribution in [0.2, 0.25) is 0 Å². The molecule has 0 aliphatic carbocycles. The Bertz CT molecular complexity index is 1040. The first kappa shape index (κ1) is 23.5. The van der Waals surface area contributed by atoms with E-state index in [0.717, 1.165) is 48.1 Å². The van der Waals surface area contributed by atoms with Gasteiger partial charge in [0.05, 0.1) is 18.4 Å². The SMILES string of the molecule is CCCCC(OC(=O)Nc1nc(-c2cc(C(F)(F)F)ccn2)cs1)c1ccc(OC)cc1. The summed E-state index contributed by atoms with van der Waals surface area (Å²) in [4.78, 5) is 20.6. The van der Waals surface area contributed by atoms with Crippen molar-refractivity contribution in [2.75, 3.05) is 12.4 Å². The number of nitrogens with one attached hydrogen (secondary N) is 1. The number of pyridine rings is 1. The van der Waals surface area contributed by atoms with E-state index in [1.165, 1.54) is 5.38 Å². The Morgan fingerprint density at radius 2 is 1.94 bits per heavy atom. The first-order valence-corrected chi connectivity index (χ1v) is 10.8. The molecule has 0 saturated heterocycles. The largest absolute Gasteiger partial charge is 0.497 e. The average molecular weight is 465 g/mol. The van der Waals surface area contributed by atoms with Gasteiger partial charge in [-0.1, -0.05) is 25.5 Å². The summed E-state index contributed by atoms with van der Waals surface area (Å²) in [5, 5.41) is 4.27. The molecule has 2 aromatic heterocycles. The number of halogens is 3. The first-order chi connectivity index (χ1) is 15.3. The normalized spacial score (nSPS) is 12.3. The lowest BCUT2D eigenvalue weighted by Crippen LogP contribution is -2.17. The second kappa shape index (κ2) is 10.4. The number of methoxy groups -OCH3 is 1. The highest BCUT2D eigenvalue weighted by atomic mass is 32.1. The number of carbonyl (C=O) groups excluding carboxylic acids is 1. The van der Waals surface area contributed by atoms with Crippen LogP contribution in [0.3, 0.4) is 0 Å². The van der Waals surface area contributed by atoms with Gasteiger partial charge in [0.1, 0.15) is 17.5 Å². The van der Waals surface area contributed by atoms with Gasteiger partial charge in [-0.25, -0.2) is 9.78 Å². The molecule has 0 bridgehead atoms. The molecule has 3 rings (SSSR count). The summed E-state index contributed by atoms with van der Waals surface area (Å²) in [7, 11) is 1.57. The molecule has 1 amide bonds. The fraction of sp³-hybridized carbons (Fsp3) is 0.318. The maximum atomic E-state index is 12.9. The zero-order valence-electron chi connectivity index (χ0n) is 17.5. The second-order valence-corrected chi connectivity index (χ2v) is 7.76. The average Bonchev–Trinajstić information content (AvgIpc) is 3.24. The molecule has 1 atom stereocenters. The van der Waals surface area contributed by atoms with Gasteiger partial charge in [0.2, 0.25) is 0 Å². The quantitative estimate of drug-likeness (QED) is 0.400. The lowest BCUT2D eigenvalue weighted by molar-refractivity contribution is -0.137. The van der Waals surface area contributed by atoms with E-state index in [9.17, 15) is 18.0 Å². The first-order valence-electron chi connectivity index (χ1n) is 9.91. The van der Waals surface area contributed by atoms with Crippen LogP contribution in [0.1, 0.15) is 43.4 Å². The number of alkyl halides is 3. The van der Waals surface area contributed by atoms with E-state index in [1.807, 2.05) is 19.1 Å². The van der Waals surface area contributed by atoms with E-state index in [-0.39, 0.29) is 16.5 Å². The van der Waals surface area contributed by atoms with E-state index in [0.29, 0.717) is 12.2 Å². The Hall–Kier alpha value is -3.14. The van der Waals surface area contributed by atoms with Crippen LogP contribution in [0, 0.1) is 0 Å². The molecule has 2 heterocycles. The Labute approximate surface area is 187 Å². The van der Waals surface area contributed by atoms with Crippen LogP contribution in [-0.2, 0) is 10.9 Å². The van der Waals surface area contributed by atoms with Crippen molar-refractivity contribution in [1.29, 1.82) is 0 Å². The van der Waals surface area contributed by atoms with Gasteiger partial charge >= 0.3 is 12.3 Å². The minimum Gasteiger partial charge on any atom is -0.497 e. The Kier molecular flexibility index (Phi) is 7.68. The molecule has 0 radical (unpaired) electrons. The third-order valence-electron chi connectivity index (χ3n) is 4.62. The molecule has 10 heteroatoms. The zero-order chi connectivity index (χ0) is 23.1. The predicted octanol–water partition coefficient (Wildman–Crippen LogP) is 6.71. The summed E-state index contributed by atoms with van der Waals surface area (Å²) in [5.74, 6) is 0.700. The minimum atomic E-state index is -4.48. The van der Waals surface area contributed by atoms with E-state index in [1.54, 1.807) is 19.2 Å². The Morgan fingerprint density at radius 1 is 1.19 bits per heavy atom. The summed E-state index contributed by atoms with van der Waals surface area (Å²) in [5.41, 5.74) is 0.315. The van der Waals surface area contributed by atoms with Crippen LogP contribution in [0.25, 0.3) is 11.4 Å². The number of aromatic nitrogens is 2. The second-order valence-electron chi connectivity index (χ2n) is 6.90.